The van der Waals surface area contributed by atoms with Crippen molar-refractivity contribution in [2.75, 3.05) is 57.6 Å². The Morgan fingerprint density at radius 2 is 1.04 bits per heavy atom. The lowest BCUT2D eigenvalue weighted by atomic mass is 10.1. The molecule has 9 heteroatoms. The van der Waals surface area contributed by atoms with Gasteiger partial charge in [0, 0.05) is 32.1 Å². The minimum absolute atomic E-state index is 0.144. The third-order valence-corrected chi connectivity index (χ3v) is 13.8. The Morgan fingerprint density at radius 3 is 1.64 bits per heavy atom. The second-order valence-electron chi connectivity index (χ2n) is 15.2. The highest BCUT2D eigenvalue weighted by molar-refractivity contribution is 8.76. The highest BCUT2D eigenvalue weighted by atomic mass is 33.1. The average Bonchev–Trinajstić information content (AvgIpc) is 3.14. The largest absolute Gasteiger partial charge is 0.395 e. The van der Waals surface area contributed by atoms with Crippen LogP contribution in [0.2, 0.25) is 13.1 Å². The molecule has 53 heavy (non-hydrogen) atoms. The van der Waals surface area contributed by atoms with Crippen LogP contribution in [0.3, 0.4) is 0 Å². The molecule has 0 fully saturated rings. The van der Waals surface area contributed by atoms with E-state index in [0.29, 0.717) is 13.1 Å². The Kier molecular flexibility index (Phi) is 43.4. The number of unbranched alkanes of at least 4 members (excludes halogenated alkanes) is 21. The van der Waals surface area contributed by atoms with Crippen molar-refractivity contribution < 1.29 is 23.8 Å². The average molecular weight is 804 g/mol. The van der Waals surface area contributed by atoms with E-state index in [9.17, 15) is 10.2 Å². The fourth-order valence-corrected chi connectivity index (χ4v) is 10.1. The first-order valence-corrected chi connectivity index (χ1v) is 27.7. The zero-order chi connectivity index (χ0) is 38.8. The van der Waals surface area contributed by atoms with E-state index in [1.807, 2.05) is 21.6 Å². The minimum Gasteiger partial charge on any atom is -0.395 e. The summed E-state index contributed by atoms with van der Waals surface area (Å²) in [5.74, 6) is 2.05. The van der Waals surface area contributed by atoms with Crippen molar-refractivity contribution >= 4 is 30.1 Å². The van der Waals surface area contributed by atoms with Gasteiger partial charge < -0.3 is 23.8 Å². The van der Waals surface area contributed by atoms with Crippen LogP contribution >= 0.6 is 21.6 Å². The van der Waals surface area contributed by atoms with Crippen molar-refractivity contribution in [3.05, 3.63) is 24.3 Å². The molecule has 0 bridgehead atoms. The number of aliphatic hydroxyl groups is 2. The van der Waals surface area contributed by atoms with Crippen LogP contribution in [0.4, 0.5) is 0 Å². The maximum absolute atomic E-state index is 9.21. The van der Waals surface area contributed by atoms with Crippen molar-refractivity contribution in [1.29, 1.82) is 0 Å². The SMILES string of the molecule is CCCCC/C=C\C/C=C\CCCCCCCCOC(CSSCCCCCCCCCCCC)O[Si](C)(C)OCCCCCCN(CCO)CCO. The number of aliphatic hydroxyl groups excluding tert-OH is 2. The third-order valence-electron chi connectivity index (χ3n) is 9.58. The van der Waals surface area contributed by atoms with E-state index < -0.39 is 8.56 Å². The van der Waals surface area contributed by atoms with Gasteiger partial charge >= 0.3 is 8.56 Å². The summed E-state index contributed by atoms with van der Waals surface area (Å²) in [4.78, 5) is 2.13. The number of hydrogen-bond acceptors (Lipinski definition) is 8. The van der Waals surface area contributed by atoms with Crippen LogP contribution in [0.15, 0.2) is 24.3 Å². The second-order valence-corrected chi connectivity index (χ2v) is 21.2. The number of ether oxygens (including phenoxy) is 1. The maximum Gasteiger partial charge on any atom is 0.333 e. The molecule has 0 amide bonds. The van der Waals surface area contributed by atoms with Gasteiger partial charge in [0.15, 0.2) is 6.29 Å². The Bertz CT molecular complexity index is 770. The summed E-state index contributed by atoms with van der Waals surface area (Å²) in [6.07, 6.45) is 42.4. The molecular formula is C44H89NO5S2Si. The fraction of sp³-hybridized carbons (Fsp3) is 0.909. The number of rotatable bonds is 44. The minimum atomic E-state index is -2.31. The summed E-state index contributed by atoms with van der Waals surface area (Å²) < 4.78 is 19.3. The van der Waals surface area contributed by atoms with Crippen LogP contribution < -0.4 is 0 Å². The van der Waals surface area contributed by atoms with Crippen LogP contribution in [0.25, 0.3) is 0 Å². The molecule has 0 aromatic heterocycles. The molecule has 0 aliphatic carbocycles. The van der Waals surface area contributed by atoms with E-state index >= 15 is 0 Å². The van der Waals surface area contributed by atoms with E-state index in [4.69, 9.17) is 13.6 Å². The molecule has 0 rings (SSSR count). The first kappa shape index (κ1) is 53.2. The molecule has 1 unspecified atom stereocenters. The normalized spacial score (nSPS) is 13.0. The van der Waals surface area contributed by atoms with Crippen LogP contribution in [0.1, 0.15) is 181 Å². The van der Waals surface area contributed by atoms with Gasteiger partial charge in [0.05, 0.1) is 19.0 Å². The van der Waals surface area contributed by atoms with Gasteiger partial charge in [0.1, 0.15) is 0 Å². The molecule has 0 aromatic carbocycles. The highest BCUT2D eigenvalue weighted by Gasteiger charge is 2.29. The summed E-state index contributed by atoms with van der Waals surface area (Å²) in [7, 11) is 1.57. The number of nitrogens with zero attached hydrogens (tertiary/aromatic N) is 1. The molecule has 0 spiro atoms. The van der Waals surface area contributed by atoms with Crippen molar-refractivity contribution in [2.45, 2.75) is 200 Å². The first-order chi connectivity index (χ1) is 26.0. The molecule has 0 heterocycles. The molecule has 1 atom stereocenters. The summed E-state index contributed by atoms with van der Waals surface area (Å²) in [6, 6.07) is 0. The van der Waals surface area contributed by atoms with Crippen molar-refractivity contribution in [3.63, 3.8) is 0 Å². The van der Waals surface area contributed by atoms with E-state index in [-0.39, 0.29) is 19.5 Å². The molecule has 0 aliphatic heterocycles. The van der Waals surface area contributed by atoms with Gasteiger partial charge in [0.2, 0.25) is 0 Å². The van der Waals surface area contributed by atoms with Crippen molar-refractivity contribution in [2.24, 2.45) is 0 Å². The van der Waals surface area contributed by atoms with Crippen LogP contribution in [-0.2, 0) is 13.6 Å². The van der Waals surface area contributed by atoms with Gasteiger partial charge in [-0.25, -0.2) is 0 Å². The zero-order valence-electron chi connectivity index (χ0n) is 35.5. The van der Waals surface area contributed by atoms with Gasteiger partial charge in [-0.1, -0.05) is 169 Å². The topological polar surface area (TPSA) is 71.4 Å². The lowest BCUT2D eigenvalue weighted by Crippen LogP contribution is -2.41. The quantitative estimate of drug-likeness (QED) is 0.0207. The van der Waals surface area contributed by atoms with Crippen LogP contribution in [0.5, 0.6) is 0 Å². The highest BCUT2D eigenvalue weighted by Crippen LogP contribution is 2.27. The third kappa shape index (κ3) is 41.6. The zero-order valence-corrected chi connectivity index (χ0v) is 38.2. The molecule has 0 radical (unpaired) electrons. The van der Waals surface area contributed by atoms with Crippen LogP contribution in [-0.4, -0.2) is 87.5 Å². The fourth-order valence-electron chi connectivity index (χ4n) is 6.31. The van der Waals surface area contributed by atoms with Gasteiger partial charge in [-0.15, -0.1) is 0 Å². The molecule has 0 aliphatic rings. The van der Waals surface area contributed by atoms with Crippen molar-refractivity contribution in [1.82, 2.24) is 4.90 Å². The van der Waals surface area contributed by atoms with E-state index in [0.717, 1.165) is 64.0 Å². The lowest BCUT2D eigenvalue weighted by Gasteiger charge is -2.29. The van der Waals surface area contributed by atoms with Crippen molar-refractivity contribution in [3.8, 4) is 0 Å². The summed E-state index contributed by atoms with van der Waals surface area (Å²) in [6.45, 7) is 12.8. The molecule has 0 saturated carbocycles. The molecule has 6 nitrogen and oxygen atoms in total. The molecule has 2 N–H and O–H groups in total. The predicted molar refractivity (Wildman–Crippen MR) is 239 cm³/mol. The first-order valence-electron chi connectivity index (χ1n) is 22.4. The van der Waals surface area contributed by atoms with E-state index in [1.165, 1.54) is 134 Å². The molecule has 0 aromatic rings. The Labute approximate surface area is 339 Å². The maximum atomic E-state index is 9.21. The van der Waals surface area contributed by atoms with Gasteiger partial charge in [0.25, 0.3) is 0 Å². The smallest absolute Gasteiger partial charge is 0.333 e. The summed E-state index contributed by atoms with van der Waals surface area (Å²) >= 11 is 0. The van der Waals surface area contributed by atoms with Crippen LogP contribution in [0, 0.1) is 0 Å². The monoisotopic (exact) mass is 804 g/mol. The number of allylic oxidation sites excluding steroid dienone is 4. The van der Waals surface area contributed by atoms with E-state index in [2.05, 4.69) is 56.1 Å². The molecule has 316 valence electrons. The Hall–Kier alpha value is 0.157. The standard InChI is InChI=1S/C44H89NO5S2Si/c1-5-7-9-11-13-15-17-18-19-20-21-22-23-25-28-32-40-48-44(43-52-51-42-34-30-26-24-16-14-12-10-8-6-2)50-53(3,4)49-41-33-29-27-31-35-45(36-38-46)37-39-47/h13,15,18-19,44,46-47H,5-12,14,16-17,20-43H2,1-4H3/b15-13-,19-18-. The van der Waals surface area contributed by atoms with Gasteiger partial charge in [-0.2, -0.15) is 0 Å². The molecular weight excluding hydrogens is 715 g/mol. The van der Waals surface area contributed by atoms with Gasteiger partial charge in [-0.3, -0.25) is 4.90 Å². The van der Waals surface area contributed by atoms with Gasteiger partial charge in [-0.05, 0) is 77.4 Å². The van der Waals surface area contributed by atoms with E-state index in [1.54, 1.807) is 0 Å². The lowest BCUT2D eigenvalue weighted by molar-refractivity contribution is -0.0829. The Balaban J connectivity index is 4.33. The molecule has 0 saturated heterocycles. The second kappa shape index (κ2) is 43.3. The Morgan fingerprint density at radius 1 is 0.547 bits per heavy atom. The summed E-state index contributed by atoms with van der Waals surface area (Å²) in [5.41, 5.74) is 0. The number of hydrogen-bond donors (Lipinski definition) is 2. The predicted octanol–water partition coefficient (Wildman–Crippen LogP) is 13.0. The summed E-state index contributed by atoms with van der Waals surface area (Å²) in [5, 5.41) is 18.4.